The van der Waals surface area contributed by atoms with E-state index < -0.39 is 16.1 Å². The summed E-state index contributed by atoms with van der Waals surface area (Å²) in [5, 5.41) is 4.09. The van der Waals surface area contributed by atoms with Gasteiger partial charge in [0.25, 0.3) is 10.0 Å². The summed E-state index contributed by atoms with van der Waals surface area (Å²) < 4.78 is 30.3. The van der Waals surface area contributed by atoms with E-state index in [0.29, 0.717) is 5.56 Å². The van der Waals surface area contributed by atoms with Crippen LogP contribution in [0.3, 0.4) is 0 Å². The first kappa shape index (κ1) is 20.1. The molecule has 2 amide bonds. The van der Waals surface area contributed by atoms with E-state index in [9.17, 15) is 13.2 Å². The van der Waals surface area contributed by atoms with E-state index in [1.807, 2.05) is 36.4 Å². The number of fused-ring (bicyclic) bond motifs is 1. The van der Waals surface area contributed by atoms with Crippen molar-refractivity contribution in [3.63, 3.8) is 0 Å². The van der Waals surface area contributed by atoms with Gasteiger partial charge in [0, 0.05) is 16.0 Å². The van der Waals surface area contributed by atoms with Gasteiger partial charge in [0.05, 0.1) is 19.3 Å². The first-order valence-electron chi connectivity index (χ1n) is 8.63. The van der Waals surface area contributed by atoms with Gasteiger partial charge < -0.3 is 0 Å². The average molecular weight is 540 g/mol. The molecule has 150 valence electrons. The standard InChI is InChI=1S/C19H16Br2N4O3S/c1-23-18-17(10-22-23)24(11-13-6-2-4-8-15(13)20)19(26)25(29(18,27)28)12-14-7-3-5-9-16(14)21/h2-10H,11-12H2,1H3. The summed E-state index contributed by atoms with van der Waals surface area (Å²) in [6, 6.07) is 14.1. The van der Waals surface area contributed by atoms with Gasteiger partial charge in [0.1, 0.15) is 5.69 Å². The third-order valence-electron chi connectivity index (χ3n) is 4.69. The molecule has 0 unspecified atom stereocenters. The van der Waals surface area contributed by atoms with E-state index in [4.69, 9.17) is 0 Å². The molecule has 2 aromatic carbocycles. The van der Waals surface area contributed by atoms with Gasteiger partial charge >= 0.3 is 6.03 Å². The van der Waals surface area contributed by atoms with Gasteiger partial charge in [0.15, 0.2) is 5.03 Å². The van der Waals surface area contributed by atoms with E-state index in [1.54, 1.807) is 19.2 Å². The predicted molar refractivity (Wildman–Crippen MR) is 116 cm³/mol. The molecule has 0 bridgehead atoms. The maximum atomic E-state index is 13.3. The van der Waals surface area contributed by atoms with Crippen LogP contribution in [0.4, 0.5) is 10.5 Å². The Kier molecular flexibility index (Phi) is 5.26. The SMILES string of the molecule is Cn1ncc2c1S(=O)(=O)N(Cc1ccccc1Br)C(=O)N2Cc1ccccc1Br. The van der Waals surface area contributed by atoms with Crippen LogP contribution in [0.1, 0.15) is 11.1 Å². The van der Waals surface area contributed by atoms with Crippen molar-refractivity contribution >= 4 is 53.6 Å². The molecule has 0 saturated heterocycles. The molecular formula is C19H16Br2N4O3S. The molecule has 1 aliphatic rings. The summed E-state index contributed by atoms with van der Waals surface area (Å²) >= 11 is 6.92. The molecule has 7 nitrogen and oxygen atoms in total. The normalized spacial score (nSPS) is 15.5. The molecule has 0 radical (unpaired) electrons. The highest BCUT2D eigenvalue weighted by molar-refractivity contribution is 9.10. The zero-order valence-electron chi connectivity index (χ0n) is 15.3. The van der Waals surface area contributed by atoms with Crippen LogP contribution in [-0.4, -0.2) is 28.5 Å². The smallest absolute Gasteiger partial charge is 0.284 e. The lowest BCUT2D eigenvalue weighted by Crippen LogP contribution is -2.50. The molecular weight excluding hydrogens is 524 g/mol. The number of rotatable bonds is 4. The second-order valence-corrected chi connectivity index (χ2v) is 10.0. The molecule has 4 rings (SSSR count). The van der Waals surface area contributed by atoms with Crippen molar-refractivity contribution in [2.45, 2.75) is 18.1 Å². The van der Waals surface area contributed by atoms with E-state index in [2.05, 4.69) is 37.0 Å². The Balaban J connectivity index is 1.81. The van der Waals surface area contributed by atoms with Crippen molar-refractivity contribution < 1.29 is 13.2 Å². The number of benzene rings is 2. The number of halogens is 2. The number of carbonyl (C=O) groups excluding carboxylic acids is 1. The first-order chi connectivity index (χ1) is 13.8. The highest BCUT2D eigenvalue weighted by atomic mass is 79.9. The molecule has 29 heavy (non-hydrogen) atoms. The zero-order valence-corrected chi connectivity index (χ0v) is 19.3. The van der Waals surface area contributed by atoms with Crippen molar-refractivity contribution in [2.24, 2.45) is 7.05 Å². The number of aryl methyl sites for hydroxylation is 1. The second kappa shape index (κ2) is 7.58. The lowest BCUT2D eigenvalue weighted by atomic mass is 10.2. The van der Waals surface area contributed by atoms with Crippen molar-refractivity contribution in [3.8, 4) is 0 Å². The quantitative estimate of drug-likeness (QED) is 0.496. The van der Waals surface area contributed by atoms with Crippen LogP contribution in [0.2, 0.25) is 0 Å². The third kappa shape index (κ3) is 3.49. The van der Waals surface area contributed by atoms with Crippen LogP contribution in [0.5, 0.6) is 0 Å². The summed E-state index contributed by atoms with van der Waals surface area (Å²) in [6.07, 6.45) is 1.41. The molecule has 3 aromatic rings. The number of urea groups is 1. The molecule has 10 heteroatoms. The van der Waals surface area contributed by atoms with Gasteiger partial charge in [-0.3, -0.25) is 9.58 Å². The van der Waals surface area contributed by atoms with Crippen molar-refractivity contribution in [3.05, 3.63) is 74.8 Å². The van der Waals surface area contributed by atoms with Crippen LogP contribution in [0.15, 0.2) is 68.7 Å². The second-order valence-electron chi connectivity index (χ2n) is 6.52. The Hall–Kier alpha value is -2.17. The largest absolute Gasteiger partial charge is 0.339 e. The van der Waals surface area contributed by atoms with Crippen molar-refractivity contribution in [1.82, 2.24) is 14.1 Å². The molecule has 0 fully saturated rings. The lowest BCUT2D eigenvalue weighted by Gasteiger charge is -2.35. The van der Waals surface area contributed by atoms with Gasteiger partial charge in [-0.15, -0.1) is 0 Å². The molecule has 0 aliphatic carbocycles. The summed E-state index contributed by atoms with van der Waals surface area (Å²) in [4.78, 5) is 14.8. The number of aromatic nitrogens is 2. The number of amides is 2. The predicted octanol–water partition coefficient (Wildman–Crippen LogP) is 4.28. The first-order valence-corrected chi connectivity index (χ1v) is 11.7. The Morgan fingerprint density at radius 2 is 1.48 bits per heavy atom. The number of carbonyl (C=O) groups is 1. The maximum absolute atomic E-state index is 13.3. The maximum Gasteiger partial charge on any atom is 0.339 e. The van der Waals surface area contributed by atoms with Crippen LogP contribution < -0.4 is 4.90 Å². The van der Waals surface area contributed by atoms with E-state index in [0.717, 1.165) is 18.8 Å². The molecule has 0 saturated carbocycles. The van der Waals surface area contributed by atoms with Gasteiger partial charge in [-0.2, -0.15) is 13.5 Å². The van der Waals surface area contributed by atoms with Crippen LogP contribution in [-0.2, 0) is 30.2 Å². The molecule has 1 aromatic heterocycles. The molecule has 0 N–H and O–H groups in total. The number of nitrogens with zero attached hydrogens (tertiary/aromatic N) is 4. The molecule has 0 spiro atoms. The third-order valence-corrected chi connectivity index (χ3v) is 8.07. The number of hydrogen-bond donors (Lipinski definition) is 0. The van der Waals surface area contributed by atoms with Gasteiger partial charge in [-0.25, -0.2) is 9.10 Å². The summed E-state index contributed by atoms with van der Waals surface area (Å²) in [6.45, 7) is 0.126. The minimum absolute atomic E-state index is 0.00351. The minimum atomic E-state index is -4.06. The Morgan fingerprint density at radius 3 is 2.07 bits per heavy atom. The van der Waals surface area contributed by atoms with Gasteiger partial charge in [-0.1, -0.05) is 68.3 Å². The summed E-state index contributed by atoms with van der Waals surface area (Å²) in [5.74, 6) is 0. The lowest BCUT2D eigenvalue weighted by molar-refractivity contribution is 0.225. The molecule has 1 aliphatic heterocycles. The van der Waals surface area contributed by atoms with Crippen molar-refractivity contribution in [2.75, 3.05) is 4.90 Å². The zero-order chi connectivity index (χ0) is 20.8. The Bertz CT molecular complexity index is 1210. The Morgan fingerprint density at radius 1 is 0.931 bits per heavy atom. The van der Waals surface area contributed by atoms with Crippen LogP contribution in [0, 0.1) is 0 Å². The number of anilines is 1. The van der Waals surface area contributed by atoms with Gasteiger partial charge in [0.2, 0.25) is 0 Å². The molecule has 2 heterocycles. The number of hydrogen-bond acceptors (Lipinski definition) is 4. The topological polar surface area (TPSA) is 75.5 Å². The van der Waals surface area contributed by atoms with E-state index in [-0.39, 0.29) is 23.8 Å². The summed E-state index contributed by atoms with van der Waals surface area (Å²) in [7, 11) is -2.50. The van der Waals surface area contributed by atoms with Gasteiger partial charge in [-0.05, 0) is 23.3 Å². The fourth-order valence-electron chi connectivity index (χ4n) is 3.23. The fraction of sp³-hybridized carbons (Fsp3) is 0.158. The van der Waals surface area contributed by atoms with E-state index >= 15 is 0 Å². The fourth-order valence-corrected chi connectivity index (χ4v) is 5.68. The van der Waals surface area contributed by atoms with E-state index in [1.165, 1.54) is 15.8 Å². The minimum Gasteiger partial charge on any atom is -0.284 e. The molecule has 0 atom stereocenters. The van der Waals surface area contributed by atoms with Crippen LogP contribution in [0.25, 0.3) is 0 Å². The highest BCUT2D eigenvalue weighted by Crippen LogP contribution is 2.37. The number of sulfonamides is 1. The van der Waals surface area contributed by atoms with Crippen molar-refractivity contribution in [1.29, 1.82) is 0 Å². The van der Waals surface area contributed by atoms with Crippen LogP contribution >= 0.6 is 31.9 Å². The average Bonchev–Trinajstić information content (AvgIpc) is 3.07. The monoisotopic (exact) mass is 538 g/mol. The summed E-state index contributed by atoms with van der Waals surface area (Å²) in [5.41, 5.74) is 1.82. The highest BCUT2D eigenvalue weighted by Gasteiger charge is 2.44. The Labute approximate surface area is 185 Å².